The van der Waals surface area contributed by atoms with Gasteiger partial charge in [0, 0.05) is 11.6 Å². The van der Waals surface area contributed by atoms with E-state index in [0.29, 0.717) is 17.9 Å². The van der Waals surface area contributed by atoms with Gasteiger partial charge in [-0.2, -0.15) is 4.31 Å². The van der Waals surface area contributed by atoms with Crippen molar-refractivity contribution >= 4 is 33.3 Å². The number of hydrogen-bond donors (Lipinski definition) is 1. The van der Waals surface area contributed by atoms with Gasteiger partial charge in [-0.1, -0.05) is 11.6 Å². The van der Waals surface area contributed by atoms with Gasteiger partial charge in [0.25, 0.3) is 0 Å². The number of nitrogen functional groups attached to an aromatic ring is 1. The lowest BCUT2D eigenvalue weighted by Gasteiger charge is -2.23. The highest BCUT2D eigenvalue weighted by Gasteiger charge is 2.40. The van der Waals surface area contributed by atoms with Gasteiger partial charge in [-0.3, -0.25) is 4.79 Å². The predicted octanol–water partition coefficient (Wildman–Crippen LogP) is 1.64. The molecule has 0 aromatic heterocycles. The number of ether oxygens (including phenoxy) is 1. The van der Waals surface area contributed by atoms with Crippen molar-refractivity contribution in [2.45, 2.75) is 30.7 Å². The normalized spacial score (nSPS) is 19.6. The molecular formula is C13H17ClN2O4S. The highest BCUT2D eigenvalue weighted by atomic mass is 35.5. The molecule has 1 atom stereocenters. The molecular weight excluding hydrogens is 316 g/mol. The Morgan fingerprint density at radius 2 is 2.24 bits per heavy atom. The average molecular weight is 333 g/mol. The van der Waals surface area contributed by atoms with Crippen LogP contribution in [-0.2, 0) is 19.6 Å². The second-order valence-corrected chi connectivity index (χ2v) is 7.00. The minimum absolute atomic E-state index is 0.0388. The van der Waals surface area contributed by atoms with Crippen molar-refractivity contribution in [2.75, 3.05) is 18.9 Å². The van der Waals surface area contributed by atoms with Gasteiger partial charge in [-0.15, -0.1) is 0 Å². The van der Waals surface area contributed by atoms with Gasteiger partial charge >= 0.3 is 5.97 Å². The van der Waals surface area contributed by atoms with Crippen LogP contribution in [0.4, 0.5) is 5.69 Å². The summed E-state index contributed by atoms with van der Waals surface area (Å²) < 4.78 is 31.5. The lowest BCUT2D eigenvalue weighted by molar-refractivity contribution is -0.146. The van der Waals surface area contributed by atoms with Gasteiger partial charge in [-0.25, -0.2) is 8.42 Å². The van der Waals surface area contributed by atoms with Crippen LogP contribution in [-0.4, -0.2) is 37.9 Å². The van der Waals surface area contributed by atoms with E-state index in [-0.39, 0.29) is 23.7 Å². The fourth-order valence-electron chi connectivity index (χ4n) is 2.38. The van der Waals surface area contributed by atoms with E-state index in [1.165, 1.54) is 18.2 Å². The fraction of sp³-hybridized carbons (Fsp3) is 0.462. The minimum Gasteiger partial charge on any atom is -0.465 e. The molecule has 1 aliphatic heterocycles. The van der Waals surface area contributed by atoms with Gasteiger partial charge < -0.3 is 10.5 Å². The molecule has 2 rings (SSSR count). The largest absolute Gasteiger partial charge is 0.465 e. The summed E-state index contributed by atoms with van der Waals surface area (Å²) in [6, 6.07) is 3.41. The van der Waals surface area contributed by atoms with E-state index in [9.17, 15) is 13.2 Å². The Hall–Kier alpha value is -1.31. The number of anilines is 1. The second-order valence-electron chi connectivity index (χ2n) is 4.71. The van der Waals surface area contributed by atoms with Gasteiger partial charge in [-0.05, 0) is 38.0 Å². The van der Waals surface area contributed by atoms with Crippen LogP contribution in [0.2, 0.25) is 5.02 Å². The maximum atomic E-state index is 12.7. The number of carbonyl (C=O) groups excluding carboxylic acids is 1. The first kappa shape index (κ1) is 16.1. The molecule has 0 amide bonds. The molecule has 1 aromatic carbocycles. The molecule has 1 aliphatic rings. The molecule has 0 bridgehead atoms. The summed E-state index contributed by atoms with van der Waals surface area (Å²) in [5.41, 5.74) is 5.82. The number of carbonyl (C=O) groups is 1. The van der Waals surface area contributed by atoms with Crippen molar-refractivity contribution in [3.05, 3.63) is 23.2 Å². The first-order chi connectivity index (χ1) is 9.87. The zero-order valence-electron chi connectivity index (χ0n) is 11.6. The molecule has 1 heterocycles. The number of esters is 1. The van der Waals surface area contributed by atoms with E-state index in [4.69, 9.17) is 22.1 Å². The zero-order valence-corrected chi connectivity index (χ0v) is 13.2. The standard InChI is InChI=1S/C13H17ClN2O4S/c1-2-20-13(17)11-4-3-7-16(11)21(18,19)12-6-5-9(14)8-10(12)15/h5-6,8,11H,2-4,7,15H2,1H3. The van der Waals surface area contributed by atoms with E-state index >= 15 is 0 Å². The molecule has 1 saturated heterocycles. The lowest BCUT2D eigenvalue weighted by Crippen LogP contribution is -2.41. The van der Waals surface area contributed by atoms with Crippen LogP contribution in [0.15, 0.2) is 23.1 Å². The van der Waals surface area contributed by atoms with Crippen LogP contribution in [0.3, 0.4) is 0 Å². The molecule has 0 radical (unpaired) electrons. The van der Waals surface area contributed by atoms with Gasteiger partial charge in [0.05, 0.1) is 12.3 Å². The van der Waals surface area contributed by atoms with E-state index in [2.05, 4.69) is 0 Å². The topological polar surface area (TPSA) is 89.7 Å². The highest BCUT2D eigenvalue weighted by Crippen LogP contribution is 2.30. The van der Waals surface area contributed by atoms with Gasteiger partial charge in [0.15, 0.2) is 0 Å². The second kappa shape index (κ2) is 6.21. The van der Waals surface area contributed by atoms with Crippen molar-refractivity contribution in [1.82, 2.24) is 4.31 Å². The third kappa shape index (κ3) is 3.14. The average Bonchev–Trinajstić information content (AvgIpc) is 2.88. The van der Waals surface area contributed by atoms with Crippen LogP contribution in [0.25, 0.3) is 0 Å². The third-order valence-electron chi connectivity index (χ3n) is 3.32. The van der Waals surface area contributed by atoms with Crippen LogP contribution in [0.1, 0.15) is 19.8 Å². The third-order valence-corrected chi connectivity index (χ3v) is 5.54. The fourth-order valence-corrected chi connectivity index (χ4v) is 4.31. The Morgan fingerprint density at radius 3 is 2.86 bits per heavy atom. The first-order valence-corrected chi connectivity index (χ1v) is 8.43. The summed E-state index contributed by atoms with van der Waals surface area (Å²) in [6.07, 6.45) is 1.06. The molecule has 0 aliphatic carbocycles. The molecule has 1 aromatic rings. The van der Waals surface area contributed by atoms with Crippen molar-refractivity contribution in [1.29, 1.82) is 0 Å². The molecule has 2 N–H and O–H groups in total. The highest BCUT2D eigenvalue weighted by molar-refractivity contribution is 7.89. The van der Waals surface area contributed by atoms with E-state index in [1.807, 2.05) is 0 Å². The molecule has 116 valence electrons. The molecule has 1 unspecified atom stereocenters. The van der Waals surface area contributed by atoms with E-state index in [0.717, 1.165) is 4.31 Å². The van der Waals surface area contributed by atoms with E-state index < -0.39 is 22.0 Å². The Bertz CT molecular complexity index is 648. The van der Waals surface area contributed by atoms with Crippen LogP contribution in [0.5, 0.6) is 0 Å². The van der Waals surface area contributed by atoms with Crippen molar-refractivity contribution < 1.29 is 17.9 Å². The molecule has 21 heavy (non-hydrogen) atoms. The SMILES string of the molecule is CCOC(=O)C1CCCN1S(=O)(=O)c1ccc(Cl)cc1N. The number of rotatable bonds is 4. The number of sulfonamides is 1. The van der Waals surface area contributed by atoms with Crippen LogP contribution < -0.4 is 5.73 Å². The molecule has 0 spiro atoms. The predicted molar refractivity (Wildman–Crippen MR) is 79.4 cm³/mol. The number of benzene rings is 1. The maximum Gasteiger partial charge on any atom is 0.324 e. The van der Waals surface area contributed by atoms with Crippen molar-refractivity contribution in [3.8, 4) is 0 Å². The molecule has 8 heteroatoms. The van der Waals surface area contributed by atoms with E-state index in [1.54, 1.807) is 6.92 Å². The summed E-state index contributed by atoms with van der Waals surface area (Å²) in [6.45, 7) is 2.17. The first-order valence-electron chi connectivity index (χ1n) is 6.61. The monoisotopic (exact) mass is 332 g/mol. The summed E-state index contributed by atoms with van der Waals surface area (Å²) in [4.78, 5) is 11.9. The molecule has 6 nitrogen and oxygen atoms in total. The zero-order chi connectivity index (χ0) is 15.6. The maximum absolute atomic E-state index is 12.7. The number of hydrogen-bond acceptors (Lipinski definition) is 5. The Balaban J connectivity index is 2.36. The number of halogens is 1. The summed E-state index contributed by atoms with van der Waals surface area (Å²) in [7, 11) is -3.85. The lowest BCUT2D eigenvalue weighted by atomic mass is 10.2. The molecule has 0 saturated carbocycles. The van der Waals surface area contributed by atoms with Gasteiger partial charge in [0.1, 0.15) is 10.9 Å². The Labute approximate surface area is 128 Å². The van der Waals surface area contributed by atoms with Crippen LogP contribution >= 0.6 is 11.6 Å². The summed E-state index contributed by atoms with van der Waals surface area (Å²) in [5.74, 6) is -0.522. The Kier molecular flexibility index (Phi) is 4.75. The number of nitrogens with zero attached hydrogens (tertiary/aromatic N) is 1. The summed E-state index contributed by atoms with van der Waals surface area (Å²) >= 11 is 5.78. The quantitative estimate of drug-likeness (QED) is 0.668. The Morgan fingerprint density at radius 1 is 1.52 bits per heavy atom. The smallest absolute Gasteiger partial charge is 0.324 e. The number of nitrogens with two attached hydrogens (primary N) is 1. The minimum atomic E-state index is -3.85. The van der Waals surface area contributed by atoms with Gasteiger partial charge in [0.2, 0.25) is 10.0 Å². The van der Waals surface area contributed by atoms with Crippen molar-refractivity contribution in [2.24, 2.45) is 0 Å². The van der Waals surface area contributed by atoms with Crippen LogP contribution in [0, 0.1) is 0 Å². The summed E-state index contributed by atoms with van der Waals surface area (Å²) in [5, 5.41) is 0.356. The molecule has 1 fully saturated rings. The van der Waals surface area contributed by atoms with Crippen molar-refractivity contribution in [3.63, 3.8) is 0 Å².